The highest BCUT2D eigenvalue weighted by molar-refractivity contribution is 6.07. The lowest BCUT2D eigenvalue weighted by molar-refractivity contribution is 0.102. The van der Waals surface area contributed by atoms with Gasteiger partial charge in [-0.25, -0.2) is 4.98 Å². The lowest BCUT2D eigenvalue weighted by atomic mass is 9.82. The van der Waals surface area contributed by atoms with E-state index in [1.807, 2.05) is 18.2 Å². The molecule has 1 aliphatic heterocycles. The van der Waals surface area contributed by atoms with Crippen molar-refractivity contribution in [1.29, 1.82) is 0 Å². The van der Waals surface area contributed by atoms with E-state index < -0.39 is 0 Å². The highest BCUT2D eigenvalue weighted by Gasteiger charge is 2.20. The second-order valence-corrected chi connectivity index (χ2v) is 10.3. The number of aromatic nitrogens is 2. The van der Waals surface area contributed by atoms with Crippen molar-refractivity contribution in [2.75, 3.05) is 30.3 Å². The van der Waals surface area contributed by atoms with Crippen molar-refractivity contribution >= 4 is 17.4 Å². The number of carbonyl (C=O) groups excluding carboxylic acids is 1. The van der Waals surface area contributed by atoms with Crippen LogP contribution in [0.4, 0.5) is 11.5 Å². The largest absolute Gasteiger partial charge is 0.365 e. The van der Waals surface area contributed by atoms with Gasteiger partial charge in [0.05, 0.1) is 5.56 Å². The van der Waals surface area contributed by atoms with E-state index in [0.717, 1.165) is 30.6 Å². The lowest BCUT2D eigenvalue weighted by Gasteiger charge is -2.24. The van der Waals surface area contributed by atoms with Gasteiger partial charge in [-0.05, 0) is 104 Å². The molecular weight excluding hydrogens is 434 g/mol. The Morgan fingerprint density at radius 1 is 1.06 bits per heavy atom. The molecule has 1 saturated heterocycles. The maximum absolute atomic E-state index is 13.2. The lowest BCUT2D eigenvalue weighted by Crippen LogP contribution is -2.21. The Hall–Kier alpha value is -3.25. The second kappa shape index (κ2) is 11.5. The van der Waals surface area contributed by atoms with Gasteiger partial charge in [0.1, 0.15) is 5.82 Å². The van der Waals surface area contributed by atoms with Crippen LogP contribution >= 0.6 is 0 Å². The van der Waals surface area contributed by atoms with Crippen LogP contribution in [0, 0.1) is 0 Å². The molecule has 6 heteroatoms. The molecule has 0 radical (unpaired) electrons. The number of anilines is 2. The first-order valence-corrected chi connectivity index (χ1v) is 12.6. The molecule has 1 aliphatic rings. The number of amides is 1. The van der Waals surface area contributed by atoms with Gasteiger partial charge in [0.25, 0.3) is 5.91 Å². The molecule has 1 fully saturated rings. The van der Waals surface area contributed by atoms with Gasteiger partial charge in [-0.1, -0.05) is 26.8 Å². The number of benzene rings is 1. The van der Waals surface area contributed by atoms with E-state index in [1.54, 1.807) is 30.7 Å². The number of pyridine rings is 2. The van der Waals surface area contributed by atoms with E-state index in [9.17, 15) is 4.79 Å². The molecule has 3 heterocycles. The molecule has 0 atom stereocenters. The van der Waals surface area contributed by atoms with Crippen molar-refractivity contribution in [2.24, 2.45) is 0 Å². The molecule has 4 rings (SSSR count). The van der Waals surface area contributed by atoms with Gasteiger partial charge in [0.15, 0.2) is 0 Å². The number of hydrogen-bond acceptors (Lipinski definition) is 5. The Bertz CT molecular complexity index is 1120. The van der Waals surface area contributed by atoms with E-state index in [4.69, 9.17) is 0 Å². The number of hydrogen-bond donors (Lipinski definition) is 2. The molecule has 3 aromatic rings. The van der Waals surface area contributed by atoms with Crippen LogP contribution in [0.3, 0.4) is 0 Å². The summed E-state index contributed by atoms with van der Waals surface area (Å²) in [6, 6.07) is 13.8. The van der Waals surface area contributed by atoms with Gasteiger partial charge in [0, 0.05) is 32.2 Å². The van der Waals surface area contributed by atoms with E-state index in [-0.39, 0.29) is 12.7 Å². The average molecular weight is 474 g/mol. The number of aryl methyl sites for hydroxylation is 1. The third-order valence-electron chi connectivity index (χ3n) is 6.55. The summed E-state index contributed by atoms with van der Waals surface area (Å²) < 4.78 is 0. The van der Waals surface area contributed by atoms with Crippen LogP contribution in [0.15, 0.2) is 61.1 Å². The fourth-order valence-corrected chi connectivity index (χ4v) is 4.72. The predicted octanol–water partition coefficient (Wildman–Crippen LogP) is 5.91. The smallest absolute Gasteiger partial charge is 0.259 e. The standard InChI is InChI=1S/C29H37N5O.H2/c1-29(2,3)26-11-10-24(20-23(26)8-7-19-34-17-4-5-18-34)33-28(35)25-9-6-14-31-27(25)32-21-22-12-15-30-16-13-22;/h6,9-16,20H,4-5,7-8,17-19,21H2,1-3H3,(H,31,32)(H,33,35);1H. The van der Waals surface area contributed by atoms with E-state index in [1.165, 1.54) is 37.1 Å². The molecule has 0 spiro atoms. The third-order valence-corrected chi connectivity index (χ3v) is 6.55. The normalized spacial score (nSPS) is 14.1. The van der Waals surface area contributed by atoms with Crippen LogP contribution in [0.1, 0.15) is 68.5 Å². The van der Waals surface area contributed by atoms with E-state index in [0.29, 0.717) is 17.9 Å². The van der Waals surface area contributed by atoms with Crippen molar-refractivity contribution in [2.45, 2.75) is 58.4 Å². The summed E-state index contributed by atoms with van der Waals surface area (Å²) in [7, 11) is 0. The zero-order chi connectivity index (χ0) is 24.7. The summed E-state index contributed by atoms with van der Waals surface area (Å²) in [5.41, 5.74) is 5.14. The number of carbonyl (C=O) groups is 1. The van der Waals surface area contributed by atoms with Crippen LogP contribution in [-0.2, 0) is 18.4 Å². The summed E-state index contributed by atoms with van der Waals surface area (Å²) >= 11 is 0. The molecule has 186 valence electrons. The molecule has 2 aromatic heterocycles. The highest BCUT2D eigenvalue weighted by atomic mass is 16.1. The maximum Gasteiger partial charge on any atom is 0.259 e. The van der Waals surface area contributed by atoms with Gasteiger partial charge in [-0.3, -0.25) is 9.78 Å². The minimum atomic E-state index is -0.165. The zero-order valence-corrected chi connectivity index (χ0v) is 21.2. The molecule has 0 unspecified atom stereocenters. The van der Waals surface area contributed by atoms with Crippen LogP contribution in [-0.4, -0.2) is 40.4 Å². The SMILES string of the molecule is CC(C)(C)c1ccc(NC(=O)c2cccnc2NCc2ccncc2)cc1CCCN1CCCC1.[HH]. The fraction of sp³-hybridized carbons (Fsp3) is 0.414. The fourth-order valence-electron chi connectivity index (χ4n) is 4.72. The molecule has 35 heavy (non-hydrogen) atoms. The second-order valence-electron chi connectivity index (χ2n) is 10.3. The minimum absolute atomic E-state index is 0. The zero-order valence-electron chi connectivity index (χ0n) is 21.2. The van der Waals surface area contributed by atoms with Gasteiger partial charge in [-0.2, -0.15) is 0 Å². The molecule has 0 saturated carbocycles. The van der Waals surface area contributed by atoms with Crippen molar-refractivity contribution in [3.8, 4) is 0 Å². The molecule has 1 aromatic carbocycles. The first-order valence-electron chi connectivity index (χ1n) is 12.6. The minimum Gasteiger partial charge on any atom is -0.365 e. The third kappa shape index (κ3) is 6.89. The average Bonchev–Trinajstić information content (AvgIpc) is 3.36. The van der Waals surface area contributed by atoms with Crippen molar-refractivity contribution < 1.29 is 6.22 Å². The van der Waals surface area contributed by atoms with Gasteiger partial charge in [0.2, 0.25) is 0 Å². The first kappa shape index (κ1) is 24.9. The molecular formula is C29H39N5O. The van der Waals surface area contributed by atoms with Crippen molar-refractivity contribution in [3.05, 3.63) is 83.3 Å². The van der Waals surface area contributed by atoms with Crippen LogP contribution in [0.5, 0.6) is 0 Å². The molecule has 2 N–H and O–H groups in total. The Morgan fingerprint density at radius 2 is 1.83 bits per heavy atom. The highest BCUT2D eigenvalue weighted by Crippen LogP contribution is 2.29. The van der Waals surface area contributed by atoms with Gasteiger partial charge >= 0.3 is 0 Å². The van der Waals surface area contributed by atoms with E-state index in [2.05, 4.69) is 58.4 Å². The van der Waals surface area contributed by atoms with Crippen molar-refractivity contribution in [1.82, 2.24) is 14.9 Å². The summed E-state index contributed by atoms with van der Waals surface area (Å²) in [5, 5.41) is 6.39. The Balaban J connectivity index is 0.00000361. The molecule has 0 aliphatic carbocycles. The Labute approximate surface area is 210 Å². The number of likely N-dealkylation sites (tertiary alicyclic amines) is 1. The molecule has 6 nitrogen and oxygen atoms in total. The van der Waals surface area contributed by atoms with Gasteiger partial charge < -0.3 is 15.5 Å². The Morgan fingerprint density at radius 3 is 2.57 bits per heavy atom. The van der Waals surface area contributed by atoms with Crippen LogP contribution < -0.4 is 10.6 Å². The van der Waals surface area contributed by atoms with Crippen LogP contribution in [0.25, 0.3) is 0 Å². The summed E-state index contributed by atoms with van der Waals surface area (Å²) in [6.07, 6.45) is 10.00. The molecule has 1 amide bonds. The summed E-state index contributed by atoms with van der Waals surface area (Å²) in [5.74, 6) is 0.404. The summed E-state index contributed by atoms with van der Waals surface area (Å²) in [6.45, 7) is 10.9. The Kier molecular flexibility index (Phi) is 8.13. The van der Waals surface area contributed by atoms with Gasteiger partial charge in [-0.15, -0.1) is 0 Å². The summed E-state index contributed by atoms with van der Waals surface area (Å²) in [4.78, 5) is 24.2. The first-order chi connectivity index (χ1) is 16.9. The monoisotopic (exact) mass is 473 g/mol. The number of rotatable bonds is 9. The van der Waals surface area contributed by atoms with Crippen LogP contribution in [0.2, 0.25) is 0 Å². The van der Waals surface area contributed by atoms with E-state index >= 15 is 0 Å². The molecule has 0 bridgehead atoms. The maximum atomic E-state index is 13.2. The predicted molar refractivity (Wildman–Crippen MR) is 145 cm³/mol. The quantitative estimate of drug-likeness (QED) is 0.404. The topological polar surface area (TPSA) is 70.1 Å². The number of nitrogens with zero attached hydrogens (tertiary/aromatic N) is 3. The number of nitrogens with one attached hydrogen (secondary N) is 2. The van der Waals surface area contributed by atoms with Crippen molar-refractivity contribution in [3.63, 3.8) is 0 Å².